The van der Waals surface area contributed by atoms with Crippen molar-refractivity contribution in [3.63, 3.8) is 0 Å². The Morgan fingerprint density at radius 1 is 1.17 bits per heavy atom. The van der Waals surface area contributed by atoms with Gasteiger partial charge >= 0.3 is 0 Å². The Balaban J connectivity index is 2.12. The van der Waals surface area contributed by atoms with Crippen molar-refractivity contribution >= 4 is 28.9 Å². The quantitative estimate of drug-likeness (QED) is 0.646. The van der Waals surface area contributed by atoms with Gasteiger partial charge in [0.25, 0.3) is 5.91 Å². The van der Waals surface area contributed by atoms with Crippen LogP contribution in [-0.2, 0) is 4.79 Å². The number of amides is 1. The van der Waals surface area contributed by atoms with E-state index >= 15 is 0 Å². The number of nitrogens with one attached hydrogen (secondary N) is 2. The number of nitrogens with zero attached hydrogens (tertiary/aromatic N) is 1. The second-order valence-electron chi connectivity index (χ2n) is 5.05. The highest BCUT2D eigenvalue weighted by Crippen LogP contribution is 2.23. The minimum Gasteiger partial charge on any atom is -0.360 e. The third kappa shape index (κ3) is 4.35. The van der Waals surface area contributed by atoms with Crippen LogP contribution in [0, 0.1) is 25.2 Å². The zero-order valence-electron chi connectivity index (χ0n) is 12.9. The Kier molecular flexibility index (Phi) is 5.40. The molecule has 0 bridgehead atoms. The first-order chi connectivity index (χ1) is 11.0. The van der Waals surface area contributed by atoms with Crippen molar-refractivity contribution in [3.8, 4) is 6.07 Å². The van der Waals surface area contributed by atoms with Crippen molar-refractivity contribution in [3.05, 3.63) is 70.4 Å². The van der Waals surface area contributed by atoms with E-state index in [0.717, 1.165) is 16.8 Å². The van der Waals surface area contributed by atoms with Crippen LogP contribution in [0.1, 0.15) is 11.1 Å². The van der Waals surface area contributed by atoms with E-state index in [0.29, 0.717) is 10.7 Å². The number of nitriles is 1. The second kappa shape index (κ2) is 7.48. The van der Waals surface area contributed by atoms with Crippen LogP contribution in [0.3, 0.4) is 0 Å². The highest BCUT2D eigenvalue weighted by atomic mass is 35.5. The molecule has 1 amide bonds. The van der Waals surface area contributed by atoms with Gasteiger partial charge < -0.3 is 10.6 Å². The van der Waals surface area contributed by atoms with Crippen molar-refractivity contribution in [2.45, 2.75) is 13.8 Å². The van der Waals surface area contributed by atoms with Gasteiger partial charge in [-0.1, -0.05) is 35.4 Å². The number of rotatable bonds is 4. The van der Waals surface area contributed by atoms with Gasteiger partial charge in [-0.2, -0.15) is 5.26 Å². The molecule has 116 valence electrons. The maximum Gasteiger partial charge on any atom is 0.267 e. The smallest absolute Gasteiger partial charge is 0.267 e. The fourth-order valence-corrected chi connectivity index (χ4v) is 2.07. The molecule has 2 aromatic rings. The van der Waals surface area contributed by atoms with Gasteiger partial charge in [-0.3, -0.25) is 4.79 Å². The summed E-state index contributed by atoms with van der Waals surface area (Å²) in [6.07, 6.45) is 1.38. The van der Waals surface area contributed by atoms with Gasteiger partial charge in [0.2, 0.25) is 0 Å². The third-order valence-electron chi connectivity index (χ3n) is 3.31. The zero-order chi connectivity index (χ0) is 16.8. The number of carbonyl (C=O) groups excluding carboxylic acids is 1. The molecule has 0 aliphatic heterocycles. The van der Waals surface area contributed by atoms with Gasteiger partial charge in [0.15, 0.2) is 0 Å². The fourth-order valence-electron chi connectivity index (χ4n) is 1.90. The van der Waals surface area contributed by atoms with Crippen LogP contribution in [0.25, 0.3) is 0 Å². The monoisotopic (exact) mass is 325 g/mol. The second-order valence-corrected chi connectivity index (χ2v) is 5.45. The molecular formula is C18H16ClN3O. The SMILES string of the molecule is Cc1ccc(NC(=O)/C(C#N)=C\Nc2cccc(Cl)c2C)cc1. The molecule has 2 rings (SSSR count). The summed E-state index contributed by atoms with van der Waals surface area (Å²) in [6, 6.07) is 14.6. The number of benzene rings is 2. The van der Waals surface area contributed by atoms with Crippen LogP contribution < -0.4 is 10.6 Å². The Hall–Kier alpha value is -2.77. The number of halogens is 1. The zero-order valence-corrected chi connectivity index (χ0v) is 13.6. The van der Waals surface area contributed by atoms with Crippen LogP contribution in [0.4, 0.5) is 11.4 Å². The maximum absolute atomic E-state index is 12.1. The van der Waals surface area contributed by atoms with E-state index in [4.69, 9.17) is 11.6 Å². The van der Waals surface area contributed by atoms with Crippen molar-refractivity contribution in [1.82, 2.24) is 0 Å². The van der Waals surface area contributed by atoms with E-state index in [9.17, 15) is 10.1 Å². The van der Waals surface area contributed by atoms with Crippen molar-refractivity contribution in [2.24, 2.45) is 0 Å². The molecule has 23 heavy (non-hydrogen) atoms. The molecule has 0 saturated carbocycles. The Morgan fingerprint density at radius 3 is 2.52 bits per heavy atom. The Bertz CT molecular complexity index is 789. The lowest BCUT2D eigenvalue weighted by Gasteiger charge is -2.08. The van der Waals surface area contributed by atoms with Gasteiger partial charge in [0, 0.05) is 22.6 Å². The fraction of sp³-hybridized carbons (Fsp3) is 0.111. The summed E-state index contributed by atoms with van der Waals surface area (Å²) < 4.78 is 0. The molecule has 4 nitrogen and oxygen atoms in total. The first kappa shape index (κ1) is 16.6. The molecule has 0 unspecified atom stereocenters. The third-order valence-corrected chi connectivity index (χ3v) is 3.72. The minimum absolute atomic E-state index is 0.0232. The van der Waals surface area contributed by atoms with Crippen LogP contribution >= 0.6 is 11.6 Å². The van der Waals surface area contributed by atoms with Crippen LogP contribution in [0.2, 0.25) is 5.02 Å². The molecule has 0 saturated heterocycles. The Labute approximate surface area is 140 Å². The highest BCUT2D eigenvalue weighted by molar-refractivity contribution is 6.31. The number of carbonyl (C=O) groups is 1. The van der Waals surface area contributed by atoms with Crippen LogP contribution in [0.5, 0.6) is 0 Å². The topological polar surface area (TPSA) is 64.9 Å². The molecule has 5 heteroatoms. The summed E-state index contributed by atoms with van der Waals surface area (Å²) in [4.78, 5) is 12.1. The summed E-state index contributed by atoms with van der Waals surface area (Å²) in [6.45, 7) is 3.82. The average molecular weight is 326 g/mol. The van der Waals surface area contributed by atoms with E-state index in [1.807, 2.05) is 38.1 Å². The number of hydrogen-bond acceptors (Lipinski definition) is 3. The summed E-state index contributed by atoms with van der Waals surface area (Å²) in [7, 11) is 0. The summed E-state index contributed by atoms with van der Waals surface area (Å²) >= 11 is 6.04. The van der Waals surface area contributed by atoms with Crippen molar-refractivity contribution < 1.29 is 4.79 Å². The lowest BCUT2D eigenvalue weighted by atomic mass is 10.2. The number of aryl methyl sites for hydroxylation is 1. The summed E-state index contributed by atoms with van der Waals surface area (Å²) in [5, 5.41) is 15.4. The van der Waals surface area contributed by atoms with Gasteiger partial charge in [0.05, 0.1) is 0 Å². The molecule has 0 heterocycles. The molecule has 2 aromatic carbocycles. The van der Waals surface area contributed by atoms with Crippen LogP contribution in [-0.4, -0.2) is 5.91 Å². The van der Waals surface area contributed by atoms with E-state index in [1.54, 1.807) is 24.3 Å². The van der Waals surface area contributed by atoms with Gasteiger partial charge in [-0.25, -0.2) is 0 Å². The normalized spacial score (nSPS) is 10.8. The molecule has 0 spiro atoms. The highest BCUT2D eigenvalue weighted by Gasteiger charge is 2.09. The molecule has 0 aliphatic carbocycles. The van der Waals surface area contributed by atoms with Gasteiger partial charge in [-0.05, 0) is 43.7 Å². The summed E-state index contributed by atoms with van der Waals surface area (Å²) in [5.41, 5.74) is 3.30. The molecule has 0 radical (unpaired) electrons. The van der Waals surface area contributed by atoms with Gasteiger partial charge in [0.1, 0.15) is 11.6 Å². The van der Waals surface area contributed by atoms with E-state index in [2.05, 4.69) is 10.6 Å². The van der Waals surface area contributed by atoms with Crippen LogP contribution in [0.15, 0.2) is 54.2 Å². The molecule has 2 N–H and O–H groups in total. The maximum atomic E-state index is 12.1. The summed E-state index contributed by atoms with van der Waals surface area (Å²) in [5.74, 6) is -0.469. The minimum atomic E-state index is -0.469. The number of anilines is 2. The average Bonchev–Trinajstić information content (AvgIpc) is 2.54. The largest absolute Gasteiger partial charge is 0.360 e. The molecule has 0 aromatic heterocycles. The molecule has 0 aliphatic rings. The Morgan fingerprint density at radius 2 is 1.87 bits per heavy atom. The van der Waals surface area contributed by atoms with Gasteiger partial charge in [-0.15, -0.1) is 0 Å². The standard InChI is InChI=1S/C18H16ClN3O/c1-12-6-8-15(9-7-12)22-18(23)14(10-20)11-21-17-5-3-4-16(19)13(17)2/h3-9,11,21H,1-2H3,(H,22,23)/b14-11-. The predicted molar refractivity (Wildman–Crippen MR) is 93.3 cm³/mol. The van der Waals surface area contributed by atoms with E-state index < -0.39 is 5.91 Å². The first-order valence-electron chi connectivity index (χ1n) is 7.01. The van der Waals surface area contributed by atoms with Crippen molar-refractivity contribution in [2.75, 3.05) is 10.6 Å². The lowest BCUT2D eigenvalue weighted by Crippen LogP contribution is -2.14. The molecule has 0 fully saturated rings. The number of hydrogen-bond donors (Lipinski definition) is 2. The van der Waals surface area contributed by atoms with E-state index in [1.165, 1.54) is 6.20 Å². The molecule has 0 atom stereocenters. The first-order valence-corrected chi connectivity index (χ1v) is 7.39. The van der Waals surface area contributed by atoms with E-state index in [-0.39, 0.29) is 5.57 Å². The lowest BCUT2D eigenvalue weighted by molar-refractivity contribution is -0.112. The molecular weight excluding hydrogens is 310 g/mol. The van der Waals surface area contributed by atoms with Crippen molar-refractivity contribution in [1.29, 1.82) is 5.26 Å². The predicted octanol–water partition coefficient (Wildman–Crippen LogP) is 4.41.